The molecular formula is C12H19B. The van der Waals surface area contributed by atoms with E-state index < -0.39 is 0 Å². The average Bonchev–Trinajstić information content (AvgIpc) is 2.01. The fraction of sp³-hybridized carbons (Fsp3) is 0.667. The maximum atomic E-state index is 3.85. The van der Waals surface area contributed by atoms with Gasteiger partial charge in [-0.1, -0.05) is 36.7 Å². The Morgan fingerprint density at radius 1 is 1.62 bits per heavy atom. The van der Waals surface area contributed by atoms with Gasteiger partial charge in [-0.2, -0.15) is 0 Å². The van der Waals surface area contributed by atoms with Crippen LogP contribution in [0.15, 0.2) is 24.3 Å². The Balaban J connectivity index is 2.02. The Kier molecular flexibility index (Phi) is 2.62. The van der Waals surface area contributed by atoms with Gasteiger partial charge in [0.2, 0.25) is 0 Å². The number of hydrogen-bond donors (Lipinski definition) is 0. The topological polar surface area (TPSA) is 0 Å². The van der Waals surface area contributed by atoms with Crippen molar-refractivity contribution in [1.29, 1.82) is 0 Å². The number of rotatable bonds is 2. The second-order valence-electron chi connectivity index (χ2n) is 4.94. The molecule has 1 aliphatic carbocycles. The Bertz CT molecular complexity index is 229. The molecule has 0 aromatic carbocycles. The number of fused-ring (bicyclic) bond motifs is 2. The van der Waals surface area contributed by atoms with Gasteiger partial charge in [0.15, 0.2) is 0 Å². The summed E-state index contributed by atoms with van der Waals surface area (Å²) < 4.78 is 0. The normalized spacial score (nSPS) is 32.7. The van der Waals surface area contributed by atoms with Crippen molar-refractivity contribution < 1.29 is 0 Å². The molecule has 1 aliphatic heterocycles. The molecular weight excluding hydrogens is 155 g/mol. The quantitative estimate of drug-likeness (QED) is 0.442. The molecule has 0 aromatic rings. The zero-order valence-electron chi connectivity index (χ0n) is 8.63. The molecule has 1 fully saturated rings. The van der Waals surface area contributed by atoms with E-state index in [-0.39, 0.29) is 0 Å². The molecule has 2 aliphatic rings. The van der Waals surface area contributed by atoms with Crippen molar-refractivity contribution in [3.63, 3.8) is 0 Å². The summed E-state index contributed by atoms with van der Waals surface area (Å²) in [4.78, 5) is 0. The van der Waals surface area contributed by atoms with Gasteiger partial charge in [-0.3, -0.25) is 0 Å². The van der Waals surface area contributed by atoms with Crippen LogP contribution in [0.2, 0.25) is 19.0 Å². The number of hydrogen-bond acceptors (Lipinski definition) is 0. The Morgan fingerprint density at radius 2 is 2.46 bits per heavy atom. The molecule has 0 nitrogen and oxygen atoms in total. The van der Waals surface area contributed by atoms with Crippen molar-refractivity contribution in [3.8, 4) is 0 Å². The Morgan fingerprint density at radius 3 is 3.15 bits per heavy atom. The van der Waals surface area contributed by atoms with Crippen LogP contribution in [0.4, 0.5) is 0 Å². The van der Waals surface area contributed by atoms with E-state index in [0.717, 1.165) is 18.5 Å². The summed E-state index contributed by atoms with van der Waals surface area (Å²) in [6.07, 6.45) is 11.6. The van der Waals surface area contributed by atoms with E-state index in [9.17, 15) is 0 Å². The van der Waals surface area contributed by atoms with Crippen molar-refractivity contribution in [2.24, 2.45) is 11.8 Å². The van der Waals surface area contributed by atoms with Gasteiger partial charge in [0.1, 0.15) is 6.71 Å². The fourth-order valence-corrected chi connectivity index (χ4v) is 3.27. The highest BCUT2D eigenvalue weighted by atomic mass is 14.3. The first-order chi connectivity index (χ1) is 6.28. The van der Waals surface area contributed by atoms with E-state index in [1.807, 2.05) is 0 Å². The van der Waals surface area contributed by atoms with Crippen LogP contribution in [0.3, 0.4) is 0 Å². The van der Waals surface area contributed by atoms with Crippen LogP contribution in [0.1, 0.15) is 19.8 Å². The minimum atomic E-state index is 0.900. The molecule has 2 bridgehead atoms. The Labute approximate surface area is 82.2 Å². The van der Waals surface area contributed by atoms with E-state index in [4.69, 9.17) is 0 Å². The second kappa shape index (κ2) is 3.73. The predicted octanol–water partition coefficient (Wildman–Crippen LogP) is 3.65. The summed E-state index contributed by atoms with van der Waals surface area (Å²) in [6, 6.07) is 0. The summed E-state index contributed by atoms with van der Waals surface area (Å²) in [5.41, 5.74) is 1.64. The van der Waals surface area contributed by atoms with Gasteiger partial charge >= 0.3 is 0 Å². The third-order valence-corrected chi connectivity index (χ3v) is 3.57. The van der Waals surface area contributed by atoms with E-state index in [1.165, 1.54) is 31.8 Å². The standard InChI is InChI=1S/C12H19B/c1-3-4-13-8-11-5-10(2)6-12(7-11)9-13/h3,5,11-12H,1,4,6-9H2,2H3/t11-,12+/m0/s1. The van der Waals surface area contributed by atoms with E-state index >= 15 is 0 Å². The van der Waals surface area contributed by atoms with Gasteiger partial charge in [0.05, 0.1) is 0 Å². The molecule has 0 amide bonds. The zero-order chi connectivity index (χ0) is 9.26. The molecule has 0 N–H and O–H groups in total. The minimum absolute atomic E-state index is 0.900. The van der Waals surface area contributed by atoms with Crippen LogP contribution < -0.4 is 0 Å². The van der Waals surface area contributed by atoms with Gasteiger partial charge < -0.3 is 0 Å². The van der Waals surface area contributed by atoms with E-state index in [0.29, 0.717) is 0 Å². The number of allylic oxidation sites excluding steroid dienone is 3. The molecule has 0 aromatic heterocycles. The predicted molar refractivity (Wildman–Crippen MR) is 60.3 cm³/mol. The fourth-order valence-electron chi connectivity index (χ4n) is 3.27. The lowest BCUT2D eigenvalue weighted by atomic mass is 9.35. The first-order valence-corrected chi connectivity index (χ1v) is 5.56. The second-order valence-corrected chi connectivity index (χ2v) is 4.94. The van der Waals surface area contributed by atoms with Crippen LogP contribution in [0, 0.1) is 11.8 Å². The van der Waals surface area contributed by atoms with Gasteiger partial charge in [-0.15, -0.1) is 6.58 Å². The lowest BCUT2D eigenvalue weighted by molar-refractivity contribution is 0.409. The molecule has 0 saturated carbocycles. The van der Waals surface area contributed by atoms with Crippen molar-refractivity contribution in [3.05, 3.63) is 24.3 Å². The molecule has 2 atom stereocenters. The highest BCUT2D eigenvalue weighted by Gasteiger charge is 2.31. The molecule has 70 valence electrons. The third-order valence-electron chi connectivity index (χ3n) is 3.57. The van der Waals surface area contributed by atoms with Crippen LogP contribution in [-0.2, 0) is 0 Å². The van der Waals surface area contributed by atoms with Crippen LogP contribution >= 0.6 is 0 Å². The molecule has 1 heterocycles. The lowest BCUT2D eigenvalue weighted by Crippen LogP contribution is -2.30. The summed E-state index contributed by atoms with van der Waals surface area (Å²) in [7, 11) is 0. The monoisotopic (exact) mass is 174 g/mol. The summed E-state index contributed by atoms with van der Waals surface area (Å²) in [5, 5.41) is 0. The molecule has 13 heavy (non-hydrogen) atoms. The van der Waals surface area contributed by atoms with Gasteiger partial charge in [-0.05, 0) is 31.6 Å². The van der Waals surface area contributed by atoms with Crippen molar-refractivity contribution in [1.82, 2.24) is 0 Å². The Hall–Kier alpha value is -0.455. The smallest absolute Gasteiger partial charge is 0.104 e. The lowest BCUT2D eigenvalue weighted by Gasteiger charge is -2.36. The van der Waals surface area contributed by atoms with Crippen molar-refractivity contribution in [2.45, 2.75) is 38.7 Å². The van der Waals surface area contributed by atoms with E-state index in [1.54, 1.807) is 5.57 Å². The highest BCUT2D eigenvalue weighted by molar-refractivity contribution is 6.59. The van der Waals surface area contributed by atoms with Gasteiger partial charge in [0.25, 0.3) is 0 Å². The molecule has 1 heteroatoms. The summed E-state index contributed by atoms with van der Waals surface area (Å²) in [6.45, 7) is 7.08. The molecule has 1 saturated heterocycles. The first kappa shape index (κ1) is 9.11. The van der Waals surface area contributed by atoms with Crippen LogP contribution in [-0.4, -0.2) is 6.71 Å². The zero-order valence-corrected chi connectivity index (χ0v) is 8.63. The van der Waals surface area contributed by atoms with Crippen LogP contribution in [0.5, 0.6) is 0 Å². The molecule has 2 rings (SSSR count). The SMILES string of the molecule is C=CCB1C[C@H]2C=C(C)C[C@@H](C1)C2. The summed E-state index contributed by atoms with van der Waals surface area (Å²) in [5.74, 6) is 1.89. The summed E-state index contributed by atoms with van der Waals surface area (Å²) >= 11 is 0. The molecule has 0 unspecified atom stereocenters. The maximum absolute atomic E-state index is 3.85. The highest BCUT2D eigenvalue weighted by Crippen LogP contribution is 2.40. The van der Waals surface area contributed by atoms with Crippen molar-refractivity contribution in [2.75, 3.05) is 0 Å². The van der Waals surface area contributed by atoms with Crippen molar-refractivity contribution >= 4 is 6.71 Å². The molecule has 0 radical (unpaired) electrons. The minimum Gasteiger partial charge on any atom is -0.104 e. The maximum Gasteiger partial charge on any atom is 0.144 e. The van der Waals surface area contributed by atoms with E-state index in [2.05, 4.69) is 25.7 Å². The van der Waals surface area contributed by atoms with Gasteiger partial charge in [0, 0.05) is 0 Å². The average molecular weight is 174 g/mol. The molecule has 0 spiro atoms. The van der Waals surface area contributed by atoms with Crippen LogP contribution in [0.25, 0.3) is 0 Å². The van der Waals surface area contributed by atoms with Gasteiger partial charge in [-0.25, -0.2) is 0 Å². The first-order valence-electron chi connectivity index (χ1n) is 5.56. The largest absolute Gasteiger partial charge is 0.144 e. The third kappa shape index (κ3) is 2.07.